The van der Waals surface area contributed by atoms with Gasteiger partial charge in [-0.05, 0) is 38.1 Å². The van der Waals surface area contributed by atoms with E-state index in [1.54, 1.807) is 6.92 Å². The lowest BCUT2D eigenvalue weighted by Crippen LogP contribution is -2.05. The van der Waals surface area contributed by atoms with Gasteiger partial charge in [0.15, 0.2) is 0 Å². The number of carbonyl (C=O) groups excluding carboxylic acids is 1. The van der Waals surface area contributed by atoms with Crippen LogP contribution in [0.5, 0.6) is 0 Å². The Bertz CT molecular complexity index is 352. The first-order valence-corrected chi connectivity index (χ1v) is 5.62. The molecule has 86 valence electrons. The van der Waals surface area contributed by atoms with Crippen LogP contribution in [0.15, 0.2) is 30.3 Å². The van der Waals surface area contributed by atoms with Gasteiger partial charge in [0.1, 0.15) is 5.78 Å². The first kappa shape index (κ1) is 12.7. The molecule has 0 aliphatic rings. The summed E-state index contributed by atoms with van der Waals surface area (Å²) in [5.41, 5.74) is 2.27. The smallest absolute Gasteiger partial charge is 0.134 e. The highest BCUT2D eigenvalue weighted by Crippen LogP contribution is 2.07. The molecule has 0 radical (unpaired) electrons. The Morgan fingerprint density at radius 3 is 2.56 bits per heavy atom. The first-order chi connectivity index (χ1) is 7.72. The average molecular weight is 217 g/mol. The summed E-state index contributed by atoms with van der Waals surface area (Å²) in [5.74, 6) is 0.206. The van der Waals surface area contributed by atoms with Crippen LogP contribution in [-0.4, -0.2) is 19.4 Å². The van der Waals surface area contributed by atoms with Crippen LogP contribution >= 0.6 is 0 Å². The lowest BCUT2D eigenvalue weighted by Gasteiger charge is -1.98. The maximum atomic E-state index is 10.9. The van der Waals surface area contributed by atoms with Gasteiger partial charge in [-0.3, -0.25) is 4.79 Å². The van der Waals surface area contributed by atoms with E-state index in [9.17, 15) is 4.79 Å². The molecule has 0 aliphatic heterocycles. The number of hydrogen-bond donors (Lipinski definition) is 1. The Morgan fingerprint density at radius 1 is 1.31 bits per heavy atom. The van der Waals surface area contributed by atoms with E-state index in [0.717, 1.165) is 18.5 Å². The minimum Gasteiger partial charge on any atom is -0.319 e. The normalized spacial score (nSPS) is 10.9. The van der Waals surface area contributed by atoms with Crippen molar-refractivity contribution in [3.63, 3.8) is 0 Å². The van der Waals surface area contributed by atoms with Gasteiger partial charge < -0.3 is 5.32 Å². The number of hydrogen-bond acceptors (Lipinski definition) is 2. The molecule has 0 heterocycles. The topological polar surface area (TPSA) is 29.1 Å². The Hall–Kier alpha value is -1.41. The zero-order chi connectivity index (χ0) is 11.8. The second-order valence-electron chi connectivity index (χ2n) is 3.91. The van der Waals surface area contributed by atoms with Gasteiger partial charge in [0.25, 0.3) is 0 Å². The fraction of sp³-hybridized carbons (Fsp3) is 0.357. The molecule has 0 spiro atoms. The van der Waals surface area contributed by atoms with E-state index in [2.05, 4.69) is 17.5 Å². The minimum absolute atomic E-state index is 0.206. The summed E-state index contributed by atoms with van der Waals surface area (Å²) < 4.78 is 0. The zero-order valence-electron chi connectivity index (χ0n) is 9.99. The van der Waals surface area contributed by atoms with Crippen LogP contribution in [0.1, 0.15) is 24.5 Å². The number of benzene rings is 1. The lowest BCUT2D eigenvalue weighted by molar-refractivity contribution is -0.116. The lowest BCUT2D eigenvalue weighted by atomic mass is 10.1. The molecular weight excluding hydrogens is 198 g/mol. The first-order valence-electron chi connectivity index (χ1n) is 5.62. The summed E-state index contributed by atoms with van der Waals surface area (Å²) in [6.45, 7) is 2.62. The van der Waals surface area contributed by atoms with E-state index in [0.29, 0.717) is 6.42 Å². The second-order valence-corrected chi connectivity index (χ2v) is 3.91. The summed E-state index contributed by atoms with van der Waals surface area (Å²) in [5, 5.41) is 3.10. The molecule has 16 heavy (non-hydrogen) atoms. The van der Waals surface area contributed by atoms with E-state index >= 15 is 0 Å². The van der Waals surface area contributed by atoms with Gasteiger partial charge in [-0.1, -0.05) is 36.4 Å². The van der Waals surface area contributed by atoms with Crippen molar-refractivity contribution in [3.05, 3.63) is 41.5 Å². The number of nitrogens with one attached hydrogen (secondary N) is 1. The fourth-order valence-electron chi connectivity index (χ4n) is 1.48. The summed E-state index contributed by atoms with van der Waals surface area (Å²) in [6, 6.07) is 8.13. The molecule has 1 N–H and O–H groups in total. The van der Waals surface area contributed by atoms with Gasteiger partial charge in [0.05, 0.1) is 0 Å². The van der Waals surface area contributed by atoms with Crippen LogP contribution in [0, 0.1) is 0 Å². The molecule has 1 aromatic carbocycles. The van der Waals surface area contributed by atoms with Crippen LogP contribution in [0.2, 0.25) is 0 Å². The van der Waals surface area contributed by atoms with Crippen molar-refractivity contribution in [2.75, 3.05) is 13.6 Å². The van der Waals surface area contributed by atoms with E-state index in [1.165, 1.54) is 5.56 Å². The standard InChI is InChI=1S/C14H19NO/c1-12(16)11-14-8-6-13(7-9-14)5-3-4-10-15-2/h3,5-9,15H,4,10-11H2,1-2H3. The van der Waals surface area contributed by atoms with E-state index in [-0.39, 0.29) is 5.78 Å². The van der Waals surface area contributed by atoms with Crippen molar-refractivity contribution in [1.82, 2.24) is 5.32 Å². The Kier molecular flexibility index (Phi) is 5.51. The highest BCUT2D eigenvalue weighted by Gasteiger charge is 1.96. The van der Waals surface area contributed by atoms with Crippen LogP contribution in [0.4, 0.5) is 0 Å². The van der Waals surface area contributed by atoms with Crippen molar-refractivity contribution >= 4 is 11.9 Å². The third-order valence-electron chi connectivity index (χ3n) is 2.30. The predicted molar refractivity (Wildman–Crippen MR) is 68.4 cm³/mol. The van der Waals surface area contributed by atoms with Crippen LogP contribution < -0.4 is 5.32 Å². The van der Waals surface area contributed by atoms with Gasteiger partial charge in [0, 0.05) is 6.42 Å². The summed E-state index contributed by atoms with van der Waals surface area (Å²) >= 11 is 0. The quantitative estimate of drug-likeness (QED) is 0.741. The monoisotopic (exact) mass is 217 g/mol. The van der Waals surface area contributed by atoms with Gasteiger partial charge in [-0.2, -0.15) is 0 Å². The highest BCUT2D eigenvalue weighted by atomic mass is 16.1. The molecular formula is C14H19NO. The third-order valence-corrected chi connectivity index (χ3v) is 2.30. The molecule has 0 fully saturated rings. The summed E-state index contributed by atoms with van der Waals surface area (Å²) in [6.07, 6.45) is 5.82. The molecule has 0 unspecified atom stereocenters. The van der Waals surface area contributed by atoms with Gasteiger partial charge in [-0.15, -0.1) is 0 Å². The maximum absolute atomic E-state index is 10.9. The van der Waals surface area contributed by atoms with Crippen molar-refractivity contribution < 1.29 is 4.79 Å². The molecule has 0 bridgehead atoms. The van der Waals surface area contributed by atoms with Crippen molar-refractivity contribution in [3.8, 4) is 0 Å². The second kappa shape index (κ2) is 6.96. The van der Waals surface area contributed by atoms with Crippen LogP contribution in [0.3, 0.4) is 0 Å². The molecule has 2 heteroatoms. The summed E-state index contributed by atoms with van der Waals surface area (Å²) in [7, 11) is 1.95. The van der Waals surface area contributed by atoms with E-state index in [4.69, 9.17) is 0 Å². The van der Waals surface area contributed by atoms with Crippen molar-refractivity contribution in [2.24, 2.45) is 0 Å². The molecule has 1 rings (SSSR count). The summed E-state index contributed by atoms with van der Waals surface area (Å²) in [4.78, 5) is 10.9. The minimum atomic E-state index is 0.206. The van der Waals surface area contributed by atoms with Crippen LogP contribution in [-0.2, 0) is 11.2 Å². The predicted octanol–water partition coefficient (Wildman–Crippen LogP) is 2.44. The molecule has 0 atom stereocenters. The van der Waals surface area contributed by atoms with Gasteiger partial charge >= 0.3 is 0 Å². The molecule has 0 saturated carbocycles. The number of Topliss-reactive ketones (excluding diaryl/α,β-unsaturated/α-hetero) is 1. The fourth-order valence-corrected chi connectivity index (χ4v) is 1.48. The molecule has 0 amide bonds. The van der Waals surface area contributed by atoms with Crippen molar-refractivity contribution in [1.29, 1.82) is 0 Å². The average Bonchev–Trinajstić information content (AvgIpc) is 2.26. The largest absolute Gasteiger partial charge is 0.319 e. The number of ketones is 1. The van der Waals surface area contributed by atoms with Gasteiger partial charge in [-0.25, -0.2) is 0 Å². The highest BCUT2D eigenvalue weighted by molar-refractivity contribution is 5.78. The molecule has 1 aromatic rings. The maximum Gasteiger partial charge on any atom is 0.134 e. The van der Waals surface area contributed by atoms with Crippen LogP contribution in [0.25, 0.3) is 6.08 Å². The molecule has 0 aromatic heterocycles. The SMILES string of the molecule is CNCCC=Cc1ccc(CC(C)=O)cc1. The Labute approximate surface area is 97.4 Å². The Morgan fingerprint density at radius 2 is 2.00 bits per heavy atom. The number of carbonyl (C=O) groups is 1. The molecule has 0 aliphatic carbocycles. The van der Waals surface area contributed by atoms with Crippen molar-refractivity contribution in [2.45, 2.75) is 19.8 Å². The zero-order valence-corrected chi connectivity index (χ0v) is 9.99. The molecule has 0 saturated heterocycles. The van der Waals surface area contributed by atoms with Gasteiger partial charge in [0.2, 0.25) is 0 Å². The third kappa shape index (κ3) is 4.89. The van der Waals surface area contributed by atoms with E-state index in [1.807, 2.05) is 31.3 Å². The number of rotatable bonds is 6. The Balaban J connectivity index is 2.50. The molecule has 2 nitrogen and oxygen atoms in total. The van der Waals surface area contributed by atoms with E-state index < -0.39 is 0 Å².